The third-order valence-electron chi connectivity index (χ3n) is 4.48. The lowest BCUT2D eigenvalue weighted by Crippen LogP contribution is -2.49. The number of pyridine rings is 1. The second-order valence-corrected chi connectivity index (χ2v) is 6.47. The van der Waals surface area contributed by atoms with Gasteiger partial charge in [-0.15, -0.1) is 10.2 Å². The van der Waals surface area contributed by atoms with E-state index in [1.54, 1.807) is 23.5 Å². The van der Waals surface area contributed by atoms with Gasteiger partial charge in [0.1, 0.15) is 5.69 Å². The molecule has 0 spiro atoms. The van der Waals surface area contributed by atoms with E-state index in [4.69, 9.17) is 0 Å². The molecule has 1 fully saturated rings. The summed E-state index contributed by atoms with van der Waals surface area (Å²) in [7, 11) is 0. The molecule has 1 saturated heterocycles. The molecule has 1 amide bonds. The monoisotopic (exact) mass is 376 g/mol. The molecule has 0 bridgehead atoms. The third kappa shape index (κ3) is 4.03. The van der Waals surface area contributed by atoms with Crippen molar-refractivity contribution in [1.29, 1.82) is 0 Å². The molecular weight excluding hydrogens is 356 g/mol. The van der Waals surface area contributed by atoms with Gasteiger partial charge in [0.05, 0.1) is 23.8 Å². The molecule has 0 aromatic carbocycles. The Hall–Kier alpha value is -3.62. The van der Waals surface area contributed by atoms with E-state index in [2.05, 4.69) is 35.4 Å². The Morgan fingerprint density at radius 1 is 1.00 bits per heavy atom. The van der Waals surface area contributed by atoms with Crippen molar-refractivity contribution in [1.82, 2.24) is 30.0 Å². The van der Waals surface area contributed by atoms with Crippen molar-refractivity contribution in [2.24, 2.45) is 0 Å². The van der Waals surface area contributed by atoms with Crippen LogP contribution in [0.1, 0.15) is 16.2 Å². The zero-order valence-electron chi connectivity index (χ0n) is 15.5. The van der Waals surface area contributed by atoms with Crippen molar-refractivity contribution in [2.45, 2.75) is 6.92 Å². The summed E-state index contributed by atoms with van der Waals surface area (Å²) >= 11 is 0. The molecule has 0 radical (unpaired) electrons. The summed E-state index contributed by atoms with van der Waals surface area (Å²) in [6, 6.07) is 7.58. The van der Waals surface area contributed by atoms with E-state index in [1.807, 2.05) is 31.2 Å². The van der Waals surface area contributed by atoms with Crippen LogP contribution in [0.3, 0.4) is 0 Å². The molecule has 4 rings (SSSR count). The molecule has 1 aliphatic rings. The van der Waals surface area contributed by atoms with Crippen LogP contribution in [0.15, 0.2) is 49.1 Å². The highest BCUT2D eigenvalue weighted by molar-refractivity contribution is 5.92. The molecule has 3 aromatic heterocycles. The van der Waals surface area contributed by atoms with E-state index in [1.165, 1.54) is 6.20 Å². The first kappa shape index (κ1) is 17.8. The van der Waals surface area contributed by atoms with Crippen molar-refractivity contribution < 1.29 is 4.79 Å². The van der Waals surface area contributed by atoms with Crippen LogP contribution in [0.4, 0.5) is 17.3 Å². The maximum Gasteiger partial charge on any atom is 0.274 e. The van der Waals surface area contributed by atoms with Gasteiger partial charge < -0.3 is 15.1 Å². The van der Waals surface area contributed by atoms with E-state index < -0.39 is 0 Å². The molecule has 3 aromatic rings. The fourth-order valence-electron chi connectivity index (χ4n) is 2.95. The smallest absolute Gasteiger partial charge is 0.274 e. The Morgan fingerprint density at radius 2 is 1.86 bits per heavy atom. The summed E-state index contributed by atoms with van der Waals surface area (Å²) in [5.41, 5.74) is 2.03. The van der Waals surface area contributed by atoms with Crippen LogP contribution in [0, 0.1) is 6.92 Å². The maximum absolute atomic E-state index is 12.5. The van der Waals surface area contributed by atoms with Crippen molar-refractivity contribution in [3.8, 4) is 0 Å². The van der Waals surface area contributed by atoms with Crippen molar-refractivity contribution in [3.05, 3.63) is 60.4 Å². The molecule has 0 aliphatic carbocycles. The lowest BCUT2D eigenvalue weighted by Gasteiger charge is -2.35. The maximum atomic E-state index is 12.5. The summed E-state index contributed by atoms with van der Waals surface area (Å²) in [5.74, 6) is 1.36. The Morgan fingerprint density at radius 3 is 2.50 bits per heavy atom. The van der Waals surface area contributed by atoms with Gasteiger partial charge in [-0.2, -0.15) is 0 Å². The number of piperazine rings is 1. The first-order chi connectivity index (χ1) is 13.7. The van der Waals surface area contributed by atoms with Crippen LogP contribution in [-0.4, -0.2) is 62.1 Å². The number of aromatic nitrogens is 5. The van der Waals surface area contributed by atoms with Crippen LogP contribution in [0.25, 0.3) is 0 Å². The Bertz CT molecular complexity index is 922. The molecule has 142 valence electrons. The van der Waals surface area contributed by atoms with Crippen LogP contribution in [0.5, 0.6) is 0 Å². The Kier molecular flexibility index (Phi) is 5.05. The topological polar surface area (TPSA) is 100 Å². The van der Waals surface area contributed by atoms with Gasteiger partial charge in [-0.1, -0.05) is 0 Å². The van der Waals surface area contributed by atoms with Gasteiger partial charge in [0.15, 0.2) is 11.6 Å². The second kappa shape index (κ2) is 7.95. The molecule has 28 heavy (non-hydrogen) atoms. The SMILES string of the molecule is Cc1cnc(C(=O)N2CCN(c3ccc(Nc4cccnc4)nn3)CC2)cn1. The standard InChI is InChI=1S/C19H20N8O/c1-14-11-22-16(13-21-14)19(28)27-9-7-26(8-10-27)18-5-4-17(24-25-18)23-15-3-2-6-20-12-15/h2-6,11-13H,7-10H2,1H3,(H,23,24). The summed E-state index contributed by atoms with van der Waals surface area (Å²) in [4.78, 5) is 28.8. The minimum atomic E-state index is -0.0887. The number of hydrogen-bond acceptors (Lipinski definition) is 8. The molecule has 0 unspecified atom stereocenters. The number of nitrogens with zero attached hydrogens (tertiary/aromatic N) is 7. The minimum absolute atomic E-state index is 0.0887. The van der Waals surface area contributed by atoms with Gasteiger partial charge in [0.2, 0.25) is 0 Å². The fourth-order valence-corrected chi connectivity index (χ4v) is 2.95. The lowest BCUT2D eigenvalue weighted by atomic mass is 10.2. The highest BCUT2D eigenvalue weighted by Gasteiger charge is 2.24. The third-order valence-corrected chi connectivity index (χ3v) is 4.48. The Balaban J connectivity index is 1.34. The van der Waals surface area contributed by atoms with Gasteiger partial charge in [-0.25, -0.2) is 4.98 Å². The zero-order valence-corrected chi connectivity index (χ0v) is 15.5. The highest BCUT2D eigenvalue weighted by atomic mass is 16.2. The van der Waals surface area contributed by atoms with E-state index in [9.17, 15) is 4.79 Å². The van der Waals surface area contributed by atoms with Gasteiger partial charge in [-0.3, -0.25) is 14.8 Å². The highest BCUT2D eigenvalue weighted by Crippen LogP contribution is 2.17. The molecule has 1 aliphatic heterocycles. The normalized spacial score (nSPS) is 14.0. The number of nitrogens with one attached hydrogen (secondary N) is 1. The first-order valence-electron chi connectivity index (χ1n) is 9.03. The van der Waals surface area contributed by atoms with E-state index in [0.717, 1.165) is 17.2 Å². The number of carbonyl (C=O) groups excluding carboxylic acids is 1. The van der Waals surface area contributed by atoms with E-state index in [0.29, 0.717) is 37.7 Å². The zero-order chi connectivity index (χ0) is 19.3. The molecule has 9 nitrogen and oxygen atoms in total. The molecule has 0 saturated carbocycles. The van der Waals surface area contributed by atoms with Gasteiger partial charge in [0.25, 0.3) is 5.91 Å². The van der Waals surface area contributed by atoms with E-state index >= 15 is 0 Å². The van der Waals surface area contributed by atoms with Crippen LogP contribution >= 0.6 is 0 Å². The Labute approximate surface area is 162 Å². The quantitative estimate of drug-likeness (QED) is 0.734. The fraction of sp³-hybridized carbons (Fsp3) is 0.263. The van der Waals surface area contributed by atoms with E-state index in [-0.39, 0.29) is 5.91 Å². The minimum Gasteiger partial charge on any atom is -0.352 e. The predicted molar refractivity (Wildman–Crippen MR) is 104 cm³/mol. The number of amides is 1. The average Bonchev–Trinajstić information content (AvgIpc) is 2.75. The molecule has 0 atom stereocenters. The number of aryl methyl sites for hydroxylation is 1. The van der Waals surface area contributed by atoms with Crippen LogP contribution in [0.2, 0.25) is 0 Å². The molecule has 9 heteroatoms. The molecular formula is C19H20N8O. The second-order valence-electron chi connectivity index (χ2n) is 6.47. The lowest BCUT2D eigenvalue weighted by molar-refractivity contribution is 0.0740. The number of rotatable bonds is 4. The number of anilines is 3. The van der Waals surface area contributed by atoms with Crippen LogP contribution < -0.4 is 10.2 Å². The largest absolute Gasteiger partial charge is 0.352 e. The van der Waals surface area contributed by atoms with Crippen molar-refractivity contribution in [2.75, 3.05) is 36.4 Å². The summed E-state index contributed by atoms with van der Waals surface area (Å²) < 4.78 is 0. The van der Waals surface area contributed by atoms with Gasteiger partial charge in [-0.05, 0) is 31.2 Å². The van der Waals surface area contributed by atoms with Gasteiger partial charge in [0, 0.05) is 38.6 Å². The summed E-state index contributed by atoms with van der Waals surface area (Å²) in [6.07, 6.45) is 6.59. The molecule has 4 heterocycles. The summed E-state index contributed by atoms with van der Waals surface area (Å²) in [6.45, 7) is 4.43. The van der Waals surface area contributed by atoms with Gasteiger partial charge >= 0.3 is 0 Å². The number of carbonyl (C=O) groups is 1. The van der Waals surface area contributed by atoms with Crippen molar-refractivity contribution in [3.63, 3.8) is 0 Å². The average molecular weight is 376 g/mol. The molecule has 1 N–H and O–H groups in total. The number of hydrogen-bond donors (Lipinski definition) is 1. The van der Waals surface area contributed by atoms with Crippen molar-refractivity contribution >= 4 is 23.2 Å². The first-order valence-corrected chi connectivity index (χ1v) is 9.03. The van der Waals surface area contributed by atoms with Crippen LogP contribution in [-0.2, 0) is 0 Å². The summed E-state index contributed by atoms with van der Waals surface area (Å²) in [5, 5.41) is 11.7. The predicted octanol–water partition coefficient (Wildman–Crippen LogP) is 1.68.